The van der Waals surface area contributed by atoms with E-state index in [1.807, 2.05) is 13.8 Å². The second kappa shape index (κ2) is 8.09. The summed E-state index contributed by atoms with van der Waals surface area (Å²) < 4.78 is 43.2. The fourth-order valence-electron chi connectivity index (χ4n) is 4.85. The van der Waals surface area contributed by atoms with Crippen molar-refractivity contribution in [2.45, 2.75) is 63.3 Å². The van der Waals surface area contributed by atoms with E-state index in [-0.39, 0.29) is 22.8 Å². The first kappa shape index (κ1) is 23.2. The Bertz CT molecular complexity index is 1250. The van der Waals surface area contributed by atoms with Crippen molar-refractivity contribution in [2.24, 2.45) is 0 Å². The van der Waals surface area contributed by atoms with E-state index in [9.17, 15) is 28.2 Å². The van der Waals surface area contributed by atoms with E-state index >= 15 is 0 Å². The fraction of sp³-hybridized carbons (Fsp3) is 0.400. The van der Waals surface area contributed by atoms with Crippen LogP contribution < -0.4 is 10.9 Å². The normalized spacial score (nSPS) is 23.0. The van der Waals surface area contributed by atoms with Crippen LogP contribution in [-0.2, 0) is 0 Å². The number of benzene rings is 2. The van der Waals surface area contributed by atoms with Crippen molar-refractivity contribution < 1.29 is 23.4 Å². The standard InChI is InChI=1S/C25H27F3N2O3/c1-4-14-12-24(33,25(26,27)28)23(17-10-15(13(2)3)11-20(31)22(14)17)30-19-7-5-6-18-16(19)8-9-21(32)29-18/h5-11,13-14,23,30-31,33H,4,12H2,1-3H3,(H,29,32)/t14?,23-,24+/m0/s1. The number of anilines is 1. The van der Waals surface area contributed by atoms with Crippen molar-refractivity contribution in [1.82, 2.24) is 4.98 Å². The third-order valence-corrected chi connectivity index (χ3v) is 6.68. The molecule has 5 nitrogen and oxygen atoms in total. The molecule has 4 N–H and O–H groups in total. The molecule has 176 valence electrons. The zero-order chi connectivity index (χ0) is 24.1. The summed E-state index contributed by atoms with van der Waals surface area (Å²) in [5, 5.41) is 25.5. The smallest absolute Gasteiger partial charge is 0.419 e. The third kappa shape index (κ3) is 3.86. The van der Waals surface area contributed by atoms with Gasteiger partial charge in [-0.1, -0.05) is 32.9 Å². The molecule has 0 aliphatic heterocycles. The Labute approximate surface area is 189 Å². The number of hydrogen-bond acceptors (Lipinski definition) is 4. The number of fused-ring (bicyclic) bond motifs is 2. The van der Waals surface area contributed by atoms with Gasteiger partial charge < -0.3 is 20.5 Å². The molecular weight excluding hydrogens is 433 g/mol. The molecule has 1 heterocycles. The molecule has 0 bridgehead atoms. The number of hydrogen-bond donors (Lipinski definition) is 4. The monoisotopic (exact) mass is 460 g/mol. The summed E-state index contributed by atoms with van der Waals surface area (Å²) in [6.07, 6.45) is -5.16. The number of H-pyrrole nitrogens is 1. The van der Waals surface area contributed by atoms with Gasteiger partial charge >= 0.3 is 6.18 Å². The van der Waals surface area contributed by atoms with Gasteiger partial charge in [0.05, 0.1) is 11.6 Å². The van der Waals surface area contributed by atoms with Crippen LogP contribution in [0.3, 0.4) is 0 Å². The largest absolute Gasteiger partial charge is 0.508 e. The average Bonchev–Trinajstić information content (AvgIpc) is 2.74. The number of halogens is 3. The molecule has 1 aromatic heterocycles. The predicted molar refractivity (Wildman–Crippen MR) is 122 cm³/mol. The number of aromatic nitrogens is 1. The van der Waals surface area contributed by atoms with Crippen LogP contribution in [0.2, 0.25) is 0 Å². The third-order valence-electron chi connectivity index (χ3n) is 6.68. The maximum Gasteiger partial charge on any atom is 0.419 e. The maximum absolute atomic E-state index is 14.4. The number of rotatable bonds is 4. The maximum atomic E-state index is 14.4. The Morgan fingerprint density at radius 1 is 1.21 bits per heavy atom. The Hall–Kier alpha value is -3.00. The van der Waals surface area contributed by atoms with Gasteiger partial charge in [0, 0.05) is 22.7 Å². The number of alkyl halides is 3. The molecular formula is C25H27F3N2O3. The van der Waals surface area contributed by atoms with Crippen LogP contribution >= 0.6 is 0 Å². The number of aromatic hydroxyl groups is 1. The summed E-state index contributed by atoms with van der Waals surface area (Å²) in [7, 11) is 0. The first-order chi connectivity index (χ1) is 15.5. The minimum Gasteiger partial charge on any atom is -0.508 e. The molecule has 0 saturated carbocycles. The van der Waals surface area contributed by atoms with E-state index in [4.69, 9.17) is 0 Å². The van der Waals surface area contributed by atoms with Crippen molar-refractivity contribution in [3.05, 3.63) is 69.5 Å². The topological polar surface area (TPSA) is 85.4 Å². The number of pyridine rings is 1. The van der Waals surface area contributed by atoms with E-state index in [0.29, 0.717) is 34.1 Å². The molecule has 8 heteroatoms. The van der Waals surface area contributed by atoms with Gasteiger partial charge in [-0.15, -0.1) is 0 Å². The van der Waals surface area contributed by atoms with E-state index in [1.165, 1.54) is 12.1 Å². The van der Waals surface area contributed by atoms with Gasteiger partial charge in [-0.25, -0.2) is 0 Å². The summed E-state index contributed by atoms with van der Waals surface area (Å²) in [5.41, 5.74) is -1.24. The summed E-state index contributed by atoms with van der Waals surface area (Å²) in [5.74, 6) is -0.749. The molecule has 0 spiro atoms. The molecule has 0 fully saturated rings. The Morgan fingerprint density at radius 2 is 1.94 bits per heavy atom. The Morgan fingerprint density at radius 3 is 2.58 bits per heavy atom. The zero-order valence-corrected chi connectivity index (χ0v) is 18.6. The zero-order valence-electron chi connectivity index (χ0n) is 18.6. The Kier molecular flexibility index (Phi) is 5.68. The highest BCUT2D eigenvalue weighted by Gasteiger charge is 2.62. The number of aliphatic hydroxyl groups is 1. The minimum atomic E-state index is -4.92. The molecule has 4 rings (SSSR count). The molecule has 1 unspecified atom stereocenters. The quantitative estimate of drug-likeness (QED) is 0.402. The minimum absolute atomic E-state index is 0.0366. The van der Waals surface area contributed by atoms with Crippen molar-refractivity contribution in [1.29, 1.82) is 0 Å². The number of phenolic OH excluding ortho intramolecular Hbond substituents is 1. The van der Waals surface area contributed by atoms with E-state index in [1.54, 1.807) is 37.3 Å². The summed E-state index contributed by atoms with van der Waals surface area (Å²) in [4.78, 5) is 14.4. The second-order valence-corrected chi connectivity index (χ2v) is 9.10. The van der Waals surface area contributed by atoms with Crippen LogP contribution in [0.15, 0.2) is 47.3 Å². The van der Waals surface area contributed by atoms with E-state index < -0.39 is 30.2 Å². The van der Waals surface area contributed by atoms with Crippen LogP contribution in [0.1, 0.15) is 68.2 Å². The molecule has 0 amide bonds. The van der Waals surface area contributed by atoms with Gasteiger partial charge in [-0.3, -0.25) is 4.79 Å². The van der Waals surface area contributed by atoms with Gasteiger partial charge in [-0.05, 0) is 60.1 Å². The molecule has 3 aromatic rings. The first-order valence-corrected chi connectivity index (χ1v) is 11.0. The first-order valence-electron chi connectivity index (χ1n) is 11.0. The van der Waals surface area contributed by atoms with Crippen LogP contribution in [-0.4, -0.2) is 27.0 Å². The Balaban J connectivity index is 1.97. The van der Waals surface area contributed by atoms with Crippen molar-refractivity contribution in [2.75, 3.05) is 5.32 Å². The van der Waals surface area contributed by atoms with Gasteiger partial charge in [0.25, 0.3) is 0 Å². The van der Waals surface area contributed by atoms with E-state index in [0.717, 1.165) is 0 Å². The van der Waals surface area contributed by atoms with Crippen LogP contribution in [0.25, 0.3) is 10.9 Å². The van der Waals surface area contributed by atoms with Crippen LogP contribution in [0.5, 0.6) is 5.75 Å². The van der Waals surface area contributed by atoms with Gasteiger partial charge in [0.15, 0.2) is 5.60 Å². The second-order valence-electron chi connectivity index (χ2n) is 9.10. The van der Waals surface area contributed by atoms with Gasteiger partial charge in [-0.2, -0.15) is 13.2 Å². The number of aromatic amines is 1. The lowest BCUT2D eigenvalue weighted by Gasteiger charge is -2.46. The predicted octanol–water partition coefficient (Wildman–Crippen LogP) is 5.70. The number of phenols is 1. The molecule has 1 aliphatic rings. The van der Waals surface area contributed by atoms with E-state index in [2.05, 4.69) is 10.3 Å². The highest BCUT2D eigenvalue weighted by Crippen LogP contribution is 2.55. The lowest BCUT2D eigenvalue weighted by molar-refractivity contribution is -0.272. The lowest BCUT2D eigenvalue weighted by atomic mass is 9.68. The van der Waals surface area contributed by atoms with Crippen molar-refractivity contribution in [3.8, 4) is 5.75 Å². The fourth-order valence-corrected chi connectivity index (χ4v) is 4.85. The molecule has 33 heavy (non-hydrogen) atoms. The number of nitrogens with one attached hydrogen (secondary N) is 2. The van der Waals surface area contributed by atoms with Gasteiger partial charge in [0.1, 0.15) is 5.75 Å². The van der Waals surface area contributed by atoms with Crippen molar-refractivity contribution >= 4 is 16.6 Å². The molecule has 1 aliphatic carbocycles. The summed E-state index contributed by atoms with van der Waals surface area (Å²) in [6.45, 7) is 5.53. The molecule has 3 atom stereocenters. The highest BCUT2D eigenvalue weighted by atomic mass is 19.4. The average molecular weight is 460 g/mol. The molecule has 0 radical (unpaired) electrons. The van der Waals surface area contributed by atoms with Crippen LogP contribution in [0, 0.1) is 0 Å². The van der Waals surface area contributed by atoms with Crippen molar-refractivity contribution in [3.63, 3.8) is 0 Å². The molecule has 0 saturated heterocycles. The van der Waals surface area contributed by atoms with Crippen LogP contribution in [0.4, 0.5) is 18.9 Å². The SMILES string of the molecule is CCC1C[C@](O)(C(F)(F)F)[C@@H](Nc2cccc3[nH]c(=O)ccc23)c2cc(C(C)C)cc(O)c21. The summed E-state index contributed by atoms with van der Waals surface area (Å²) in [6, 6.07) is 9.41. The summed E-state index contributed by atoms with van der Waals surface area (Å²) >= 11 is 0. The lowest BCUT2D eigenvalue weighted by Crippen LogP contribution is -2.55. The molecule has 2 aromatic carbocycles. The highest BCUT2D eigenvalue weighted by molar-refractivity contribution is 5.91. The van der Waals surface area contributed by atoms with Gasteiger partial charge in [0.2, 0.25) is 5.56 Å².